The summed E-state index contributed by atoms with van der Waals surface area (Å²) in [4.78, 5) is 7.19. The molecule has 3 heteroatoms. The molecule has 1 aromatic carbocycles. The molecule has 0 saturated carbocycles. The van der Waals surface area contributed by atoms with Crippen LogP contribution in [0.25, 0.3) is 0 Å². The molecule has 1 heterocycles. The van der Waals surface area contributed by atoms with Crippen LogP contribution in [0.5, 0.6) is 0 Å². The minimum atomic E-state index is 0.427. The van der Waals surface area contributed by atoms with Gasteiger partial charge in [0.1, 0.15) is 0 Å². The Hall–Kier alpha value is -1.61. The number of hydrogen-bond acceptors (Lipinski definition) is 2. The largest absolute Gasteiger partial charge is 0.347 e. The molecule has 0 aliphatic rings. The van der Waals surface area contributed by atoms with Crippen molar-refractivity contribution in [3.63, 3.8) is 0 Å². The summed E-state index contributed by atoms with van der Waals surface area (Å²) >= 11 is 0. The number of aromatic amines is 1. The maximum Gasteiger partial charge on any atom is 0.0922 e. The lowest BCUT2D eigenvalue weighted by atomic mass is 10.0. The fourth-order valence-electron chi connectivity index (χ4n) is 2.28. The van der Waals surface area contributed by atoms with E-state index in [2.05, 4.69) is 52.5 Å². The van der Waals surface area contributed by atoms with E-state index in [4.69, 9.17) is 0 Å². The summed E-state index contributed by atoms with van der Waals surface area (Å²) in [7, 11) is 0. The lowest BCUT2D eigenvalue weighted by molar-refractivity contribution is 0.471. The second kappa shape index (κ2) is 7.74. The SMILES string of the molecule is CCCCCC(NCc1cnc[nH]1)c1ccccc1. The van der Waals surface area contributed by atoms with Gasteiger partial charge in [-0.15, -0.1) is 0 Å². The first kappa shape index (κ1) is 13.8. The third kappa shape index (κ3) is 4.52. The minimum Gasteiger partial charge on any atom is -0.347 e. The molecule has 0 radical (unpaired) electrons. The van der Waals surface area contributed by atoms with E-state index in [1.54, 1.807) is 6.33 Å². The van der Waals surface area contributed by atoms with Crippen LogP contribution in [-0.2, 0) is 6.54 Å². The van der Waals surface area contributed by atoms with Gasteiger partial charge < -0.3 is 10.3 Å². The molecule has 2 aromatic rings. The van der Waals surface area contributed by atoms with E-state index in [0.29, 0.717) is 6.04 Å². The second-order valence-corrected chi connectivity index (χ2v) is 4.92. The van der Waals surface area contributed by atoms with Crippen LogP contribution in [0.2, 0.25) is 0 Å². The van der Waals surface area contributed by atoms with Crippen molar-refractivity contribution >= 4 is 0 Å². The predicted octanol–water partition coefficient (Wildman–Crippen LogP) is 3.82. The van der Waals surface area contributed by atoms with Crippen molar-refractivity contribution in [1.29, 1.82) is 0 Å². The van der Waals surface area contributed by atoms with E-state index in [0.717, 1.165) is 12.2 Å². The Morgan fingerprint density at radius 1 is 1.21 bits per heavy atom. The highest BCUT2D eigenvalue weighted by atomic mass is 15.0. The quantitative estimate of drug-likeness (QED) is 0.706. The van der Waals surface area contributed by atoms with Gasteiger partial charge >= 0.3 is 0 Å². The molecule has 0 aliphatic carbocycles. The first-order chi connectivity index (χ1) is 9.40. The summed E-state index contributed by atoms with van der Waals surface area (Å²) in [5.41, 5.74) is 2.51. The Labute approximate surface area is 115 Å². The number of unbranched alkanes of at least 4 members (excludes halogenated alkanes) is 2. The van der Waals surface area contributed by atoms with Gasteiger partial charge in [0, 0.05) is 24.5 Å². The van der Waals surface area contributed by atoms with Crippen molar-refractivity contribution in [3.8, 4) is 0 Å². The highest BCUT2D eigenvalue weighted by molar-refractivity contribution is 5.19. The third-order valence-corrected chi connectivity index (χ3v) is 3.39. The van der Waals surface area contributed by atoms with Gasteiger partial charge in [0.15, 0.2) is 0 Å². The van der Waals surface area contributed by atoms with Crippen molar-refractivity contribution in [2.75, 3.05) is 0 Å². The lowest BCUT2D eigenvalue weighted by Crippen LogP contribution is -2.21. The Balaban J connectivity index is 1.93. The van der Waals surface area contributed by atoms with E-state index in [-0.39, 0.29) is 0 Å². The molecule has 2 N–H and O–H groups in total. The van der Waals surface area contributed by atoms with E-state index < -0.39 is 0 Å². The van der Waals surface area contributed by atoms with Gasteiger partial charge in [0.2, 0.25) is 0 Å². The molecule has 3 nitrogen and oxygen atoms in total. The maximum atomic E-state index is 4.05. The average Bonchev–Trinajstić information content (AvgIpc) is 2.97. The summed E-state index contributed by atoms with van der Waals surface area (Å²) in [5.74, 6) is 0. The smallest absolute Gasteiger partial charge is 0.0922 e. The van der Waals surface area contributed by atoms with Crippen molar-refractivity contribution in [2.45, 2.75) is 45.2 Å². The van der Waals surface area contributed by atoms with Gasteiger partial charge in [0.25, 0.3) is 0 Å². The molecule has 0 bridgehead atoms. The summed E-state index contributed by atoms with van der Waals surface area (Å²) in [6, 6.07) is 11.1. The van der Waals surface area contributed by atoms with E-state index in [9.17, 15) is 0 Å². The molecule has 0 amide bonds. The summed E-state index contributed by atoms with van der Waals surface area (Å²) in [5, 5.41) is 3.63. The van der Waals surface area contributed by atoms with Gasteiger partial charge in [-0.05, 0) is 12.0 Å². The van der Waals surface area contributed by atoms with Crippen LogP contribution >= 0.6 is 0 Å². The van der Waals surface area contributed by atoms with Crippen LogP contribution in [0.3, 0.4) is 0 Å². The van der Waals surface area contributed by atoms with Crippen molar-refractivity contribution in [2.24, 2.45) is 0 Å². The number of H-pyrrole nitrogens is 1. The number of nitrogens with one attached hydrogen (secondary N) is 2. The zero-order valence-corrected chi connectivity index (χ0v) is 11.6. The Bertz CT molecular complexity index is 436. The van der Waals surface area contributed by atoms with Gasteiger partial charge in [-0.25, -0.2) is 4.98 Å². The van der Waals surface area contributed by atoms with Crippen molar-refractivity contribution < 1.29 is 0 Å². The van der Waals surface area contributed by atoms with Crippen molar-refractivity contribution in [3.05, 3.63) is 54.1 Å². The van der Waals surface area contributed by atoms with Crippen LogP contribution in [0.1, 0.15) is 49.9 Å². The number of benzene rings is 1. The Morgan fingerprint density at radius 3 is 2.74 bits per heavy atom. The van der Waals surface area contributed by atoms with Gasteiger partial charge in [-0.1, -0.05) is 56.5 Å². The lowest BCUT2D eigenvalue weighted by Gasteiger charge is -2.18. The van der Waals surface area contributed by atoms with Gasteiger partial charge in [-0.3, -0.25) is 0 Å². The standard InChI is InChI=1S/C16H23N3/c1-2-3-5-10-16(14-8-6-4-7-9-14)18-12-15-11-17-13-19-15/h4,6-9,11,13,16,18H,2-3,5,10,12H2,1H3,(H,17,19). The summed E-state index contributed by atoms with van der Waals surface area (Å²) in [6.07, 6.45) is 8.63. The normalized spacial score (nSPS) is 12.5. The highest BCUT2D eigenvalue weighted by Gasteiger charge is 2.10. The predicted molar refractivity (Wildman–Crippen MR) is 78.8 cm³/mol. The molecule has 0 spiro atoms. The monoisotopic (exact) mass is 257 g/mol. The van der Waals surface area contributed by atoms with Crippen LogP contribution in [0.4, 0.5) is 0 Å². The van der Waals surface area contributed by atoms with E-state index in [1.807, 2.05) is 6.20 Å². The zero-order valence-electron chi connectivity index (χ0n) is 11.6. The highest BCUT2D eigenvalue weighted by Crippen LogP contribution is 2.20. The van der Waals surface area contributed by atoms with Gasteiger partial charge in [-0.2, -0.15) is 0 Å². The molecule has 1 aromatic heterocycles. The number of imidazole rings is 1. The topological polar surface area (TPSA) is 40.7 Å². The van der Waals surface area contributed by atoms with Gasteiger partial charge in [0.05, 0.1) is 6.33 Å². The molecule has 102 valence electrons. The van der Waals surface area contributed by atoms with Crippen LogP contribution in [0.15, 0.2) is 42.9 Å². The molecule has 2 rings (SSSR count). The Kier molecular flexibility index (Phi) is 5.63. The molecule has 1 unspecified atom stereocenters. The fraction of sp³-hybridized carbons (Fsp3) is 0.438. The number of rotatable bonds is 8. The minimum absolute atomic E-state index is 0.427. The number of hydrogen-bond donors (Lipinski definition) is 2. The summed E-state index contributed by atoms with van der Waals surface area (Å²) in [6.45, 7) is 3.08. The molecule has 0 saturated heterocycles. The third-order valence-electron chi connectivity index (χ3n) is 3.39. The van der Waals surface area contributed by atoms with Crippen LogP contribution in [0, 0.1) is 0 Å². The summed E-state index contributed by atoms with van der Waals surface area (Å²) < 4.78 is 0. The van der Waals surface area contributed by atoms with Crippen LogP contribution < -0.4 is 5.32 Å². The fourth-order valence-corrected chi connectivity index (χ4v) is 2.28. The van der Waals surface area contributed by atoms with E-state index >= 15 is 0 Å². The first-order valence-corrected chi connectivity index (χ1v) is 7.15. The molecule has 19 heavy (non-hydrogen) atoms. The van der Waals surface area contributed by atoms with Crippen molar-refractivity contribution in [1.82, 2.24) is 15.3 Å². The maximum absolute atomic E-state index is 4.05. The van der Waals surface area contributed by atoms with Crippen LogP contribution in [-0.4, -0.2) is 9.97 Å². The number of aromatic nitrogens is 2. The molecule has 0 aliphatic heterocycles. The Morgan fingerprint density at radius 2 is 2.05 bits per heavy atom. The average molecular weight is 257 g/mol. The second-order valence-electron chi connectivity index (χ2n) is 4.92. The number of nitrogens with zero attached hydrogens (tertiary/aromatic N) is 1. The first-order valence-electron chi connectivity index (χ1n) is 7.15. The van der Waals surface area contributed by atoms with E-state index in [1.165, 1.54) is 31.2 Å². The molecule has 0 fully saturated rings. The zero-order chi connectivity index (χ0) is 13.3. The molecular weight excluding hydrogens is 234 g/mol. The molecule has 1 atom stereocenters. The molecular formula is C16H23N3.